The molecule has 2 aromatic rings. The van der Waals surface area contributed by atoms with Crippen molar-refractivity contribution < 1.29 is 9.13 Å². The zero-order chi connectivity index (χ0) is 11.5. The van der Waals surface area contributed by atoms with Gasteiger partial charge in [0.1, 0.15) is 17.4 Å². The molecule has 16 heavy (non-hydrogen) atoms. The van der Waals surface area contributed by atoms with Crippen LogP contribution >= 0.6 is 11.5 Å². The van der Waals surface area contributed by atoms with Crippen LogP contribution in [0.5, 0.6) is 10.9 Å². The molecular formula is C10H10FN3OS. The molecule has 2 N–H and O–H groups in total. The highest BCUT2D eigenvalue weighted by Crippen LogP contribution is 2.27. The fraction of sp³-hybridized carbons (Fsp3) is 0.200. The Hall–Kier alpha value is -1.53. The summed E-state index contributed by atoms with van der Waals surface area (Å²) in [6, 6.07) is 4.57. The van der Waals surface area contributed by atoms with Gasteiger partial charge in [0, 0.05) is 23.6 Å². The largest absolute Gasteiger partial charge is 0.429 e. The van der Waals surface area contributed by atoms with E-state index in [0.717, 1.165) is 11.5 Å². The molecule has 0 aliphatic rings. The molecule has 0 unspecified atom stereocenters. The molecule has 1 aromatic carbocycles. The van der Waals surface area contributed by atoms with Crippen LogP contribution in [0.3, 0.4) is 0 Å². The summed E-state index contributed by atoms with van der Waals surface area (Å²) in [6.07, 6.45) is 0. The minimum Gasteiger partial charge on any atom is -0.429 e. The first kappa shape index (κ1) is 11.0. The van der Waals surface area contributed by atoms with Crippen LogP contribution in [0.4, 0.5) is 4.39 Å². The molecule has 84 valence electrons. The Bertz CT molecular complexity index is 501. The van der Waals surface area contributed by atoms with E-state index in [1.807, 2.05) is 0 Å². The molecule has 2 rings (SSSR count). The average Bonchev–Trinajstić information content (AvgIpc) is 2.64. The van der Waals surface area contributed by atoms with E-state index in [2.05, 4.69) is 9.36 Å². The number of ether oxygens (including phenoxy) is 1. The number of nitrogens with two attached hydrogens (primary N) is 1. The Labute approximate surface area is 96.1 Å². The standard InChI is InChI=1S/C10H10FN3OS/c1-6-13-10(16-14-6)15-9-4-2-3-8(11)7(9)5-12/h2-4H,5,12H2,1H3. The monoisotopic (exact) mass is 239 g/mol. The number of nitrogens with zero attached hydrogens (tertiary/aromatic N) is 2. The van der Waals surface area contributed by atoms with E-state index in [4.69, 9.17) is 10.5 Å². The number of rotatable bonds is 3. The van der Waals surface area contributed by atoms with Gasteiger partial charge in [-0.25, -0.2) is 4.39 Å². The Balaban J connectivity index is 2.30. The van der Waals surface area contributed by atoms with Crippen LogP contribution in [0.25, 0.3) is 0 Å². The van der Waals surface area contributed by atoms with Crippen molar-refractivity contribution in [3.63, 3.8) is 0 Å². The highest BCUT2D eigenvalue weighted by Gasteiger charge is 2.10. The van der Waals surface area contributed by atoms with Crippen LogP contribution in [0.1, 0.15) is 11.4 Å². The Kier molecular flexibility index (Phi) is 3.12. The van der Waals surface area contributed by atoms with Crippen LogP contribution in [-0.4, -0.2) is 9.36 Å². The highest BCUT2D eigenvalue weighted by atomic mass is 32.1. The third-order valence-electron chi connectivity index (χ3n) is 1.99. The van der Waals surface area contributed by atoms with E-state index >= 15 is 0 Å². The topological polar surface area (TPSA) is 61.0 Å². The Morgan fingerprint density at radius 3 is 2.94 bits per heavy atom. The Morgan fingerprint density at radius 2 is 2.31 bits per heavy atom. The summed E-state index contributed by atoms with van der Waals surface area (Å²) in [5.74, 6) is 0.644. The molecule has 0 aliphatic carbocycles. The summed E-state index contributed by atoms with van der Waals surface area (Å²) in [6.45, 7) is 1.85. The highest BCUT2D eigenvalue weighted by molar-refractivity contribution is 7.07. The SMILES string of the molecule is Cc1nsc(Oc2cccc(F)c2CN)n1. The molecule has 0 spiro atoms. The first-order valence-electron chi connectivity index (χ1n) is 4.66. The first-order valence-corrected chi connectivity index (χ1v) is 5.43. The maximum Gasteiger partial charge on any atom is 0.298 e. The van der Waals surface area contributed by atoms with Gasteiger partial charge in [0.05, 0.1) is 0 Å². The average molecular weight is 239 g/mol. The number of hydrogen-bond donors (Lipinski definition) is 1. The molecular weight excluding hydrogens is 229 g/mol. The lowest BCUT2D eigenvalue weighted by Crippen LogP contribution is -2.02. The van der Waals surface area contributed by atoms with E-state index in [1.54, 1.807) is 19.1 Å². The third-order valence-corrected chi connectivity index (χ3v) is 2.67. The van der Waals surface area contributed by atoms with Crippen LogP contribution < -0.4 is 10.5 Å². The molecule has 4 nitrogen and oxygen atoms in total. The maximum atomic E-state index is 13.4. The predicted octanol–water partition coefficient (Wildman–Crippen LogP) is 2.24. The van der Waals surface area contributed by atoms with Crippen molar-refractivity contribution >= 4 is 11.5 Å². The number of halogens is 1. The summed E-state index contributed by atoms with van der Waals surface area (Å²) < 4.78 is 22.8. The minimum absolute atomic E-state index is 0.0831. The predicted molar refractivity (Wildman–Crippen MR) is 59.0 cm³/mol. The normalized spacial score (nSPS) is 10.4. The number of benzene rings is 1. The number of aryl methyl sites for hydroxylation is 1. The summed E-state index contributed by atoms with van der Waals surface area (Å²) in [4.78, 5) is 4.03. The van der Waals surface area contributed by atoms with Gasteiger partial charge in [-0.2, -0.15) is 9.36 Å². The van der Waals surface area contributed by atoms with E-state index in [9.17, 15) is 4.39 Å². The summed E-state index contributed by atoms with van der Waals surface area (Å²) >= 11 is 1.12. The molecule has 6 heteroatoms. The number of hydrogen-bond acceptors (Lipinski definition) is 5. The lowest BCUT2D eigenvalue weighted by Gasteiger charge is -2.07. The third kappa shape index (κ3) is 2.17. The smallest absolute Gasteiger partial charge is 0.298 e. The van der Waals surface area contributed by atoms with Gasteiger partial charge in [-0.05, 0) is 19.1 Å². The van der Waals surface area contributed by atoms with Gasteiger partial charge in [0.2, 0.25) is 0 Å². The van der Waals surface area contributed by atoms with Crippen LogP contribution in [0.15, 0.2) is 18.2 Å². The molecule has 0 atom stereocenters. The Morgan fingerprint density at radius 1 is 1.50 bits per heavy atom. The van der Waals surface area contributed by atoms with Crippen molar-refractivity contribution in [2.45, 2.75) is 13.5 Å². The van der Waals surface area contributed by atoms with Gasteiger partial charge in [-0.3, -0.25) is 0 Å². The summed E-state index contributed by atoms with van der Waals surface area (Å²) in [5.41, 5.74) is 5.80. The molecule has 1 aromatic heterocycles. The van der Waals surface area contributed by atoms with Gasteiger partial charge in [0.25, 0.3) is 5.19 Å². The van der Waals surface area contributed by atoms with Crippen molar-refractivity contribution in [3.8, 4) is 10.9 Å². The molecule has 0 radical (unpaired) electrons. The lowest BCUT2D eigenvalue weighted by molar-refractivity contribution is 0.463. The fourth-order valence-electron chi connectivity index (χ4n) is 1.25. The first-order chi connectivity index (χ1) is 7.70. The van der Waals surface area contributed by atoms with E-state index in [-0.39, 0.29) is 12.4 Å². The zero-order valence-electron chi connectivity index (χ0n) is 8.61. The van der Waals surface area contributed by atoms with E-state index in [0.29, 0.717) is 22.3 Å². The van der Waals surface area contributed by atoms with Crippen LogP contribution in [0, 0.1) is 12.7 Å². The quantitative estimate of drug-likeness (QED) is 0.892. The van der Waals surface area contributed by atoms with Gasteiger partial charge in [-0.1, -0.05) is 6.07 Å². The molecule has 0 amide bonds. The van der Waals surface area contributed by atoms with Gasteiger partial charge < -0.3 is 10.5 Å². The van der Waals surface area contributed by atoms with Crippen molar-refractivity contribution in [3.05, 3.63) is 35.4 Å². The second-order valence-electron chi connectivity index (χ2n) is 3.13. The van der Waals surface area contributed by atoms with E-state index in [1.165, 1.54) is 6.07 Å². The van der Waals surface area contributed by atoms with Gasteiger partial charge in [-0.15, -0.1) is 0 Å². The molecule has 0 saturated carbocycles. The molecule has 0 fully saturated rings. The molecule has 0 bridgehead atoms. The maximum absolute atomic E-state index is 13.4. The second kappa shape index (κ2) is 4.54. The molecule has 0 aliphatic heterocycles. The van der Waals surface area contributed by atoms with Crippen molar-refractivity contribution in [2.75, 3.05) is 0 Å². The van der Waals surface area contributed by atoms with Crippen LogP contribution in [0.2, 0.25) is 0 Å². The van der Waals surface area contributed by atoms with E-state index < -0.39 is 0 Å². The van der Waals surface area contributed by atoms with Gasteiger partial charge in [0.15, 0.2) is 0 Å². The van der Waals surface area contributed by atoms with Crippen LogP contribution in [-0.2, 0) is 6.54 Å². The zero-order valence-corrected chi connectivity index (χ0v) is 9.42. The summed E-state index contributed by atoms with van der Waals surface area (Å²) in [5, 5.41) is 0.387. The summed E-state index contributed by atoms with van der Waals surface area (Å²) in [7, 11) is 0. The molecule has 0 saturated heterocycles. The second-order valence-corrected chi connectivity index (χ2v) is 3.84. The lowest BCUT2D eigenvalue weighted by atomic mass is 10.2. The number of aromatic nitrogens is 2. The van der Waals surface area contributed by atoms with Crippen molar-refractivity contribution in [1.82, 2.24) is 9.36 Å². The van der Waals surface area contributed by atoms with Gasteiger partial charge >= 0.3 is 0 Å². The molecule has 1 heterocycles. The fourth-order valence-corrected chi connectivity index (χ4v) is 1.80. The minimum atomic E-state index is -0.374. The van der Waals surface area contributed by atoms with Crippen molar-refractivity contribution in [1.29, 1.82) is 0 Å². The van der Waals surface area contributed by atoms with Crippen molar-refractivity contribution in [2.24, 2.45) is 5.73 Å².